The highest BCUT2D eigenvalue weighted by molar-refractivity contribution is 6.49. The van der Waals surface area contributed by atoms with Crippen LogP contribution in [0.4, 0.5) is 0 Å². The Morgan fingerprint density at radius 2 is 0.385 bits per heavy atom. The largest absolute Gasteiger partial charge is 0.425 e. The van der Waals surface area contributed by atoms with E-state index in [0.29, 0.717) is 0 Å². The molecule has 39 heavy (non-hydrogen) atoms. The minimum Gasteiger partial charge on any atom is -0.0623 e. The minimum absolute atomic E-state index is 0.286. The lowest BCUT2D eigenvalue weighted by atomic mass is 9.81. The fourth-order valence-electron chi connectivity index (χ4n) is 6.35. The molecule has 0 heterocycles. The van der Waals surface area contributed by atoms with Crippen LogP contribution in [-0.4, -0.2) is 20.4 Å². The molecule has 0 unspecified atom stereocenters. The molecular weight excluding hydrogens is 481 g/mol. The molecule has 0 bridgehead atoms. The van der Waals surface area contributed by atoms with Gasteiger partial charge in [-0.25, -0.2) is 0 Å². The molecule has 0 spiro atoms. The fraction of sp³-hybridized carbons (Fsp3) is 0.0526. The van der Waals surface area contributed by atoms with E-state index >= 15 is 0 Å². The van der Waals surface area contributed by atoms with E-state index in [0.717, 1.165) is 0 Å². The van der Waals surface area contributed by atoms with Gasteiger partial charge in [-0.3, -0.25) is 0 Å². The first-order chi connectivity index (χ1) is 19.3. The molecule has 1 heteroatoms. The second kappa shape index (κ2) is 11.5. The zero-order valence-corrected chi connectivity index (χ0v) is 23.4. The van der Waals surface area contributed by atoms with E-state index in [1.54, 1.807) is 0 Å². The van der Waals surface area contributed by atoms with Crippen LogP contribution in [0.5, 0.6) is 0 Å². The van der Waals surface area contributed by atoms with Gasteiger partial charge in [0.15, 0.2) is 0 Å². The summed E-state index contributed by atoms with van der Waals surface area (Å²) in [7, 11) is 0. The Morgan fingerprint density at radius 3 is 0.538 bits per heavy atom. The minimum atomic E-state index is -1.16. The van der Waals surface area contributed by atoms with Gasteiger partial charge >= 0.3 is 20.4 Å². The summed E-state index contributed by atoms with van der Waals surface area (Å²) in [4.78, 5) is 0. The zero-order valence-electron chi connectivity index (χ0n) is 22.0. The highest BCUT2D eigenvalue weighted by Gasteiger charge is 2.49. The highest BCUT2D eigenvalue weighted by Crippen LogP contribution is 2.48. The van der Waals surface area contributed by atoms with Crippen molar-refractivity contribution in [2.24, 2.45) is 0 Å². The van der Waals surface area contributed by atoms with Crippen LogP contribution in [0.2, 0.25) is 0 Å². The van der Waals surface area contributed by atoms with Crippen molar-refractivity contribution in [3.8, 4) is 0 Å². The van der Waals surface area contributed by atoms with E-state index in [1.165, 1.54) is 33.4 Å². The van der Waals surface area contributed by atoms with Crippen LogP contribution in [0, 0.1) is 0 Å². The average Bonchev–Trinajstić information content (AvgIpc) is 3.04. The van der Waals surface area contributed by atoms with Gasteiger partial charge in [-0.05, 0) is 0 Å². The maximum Gasteiger partial charge on any atom is 0.425 e. The van der Waals surface area contributed by atoms with Crippen LogP contribution in [0.3, 0.4) is 0 Å². The summed E-state index contributed by atoms with van der Waals surface area (Å²) in [5.41, 5.74) is 8.09. The lowest BCUT2D eigenvalue weighted by Crippen LogP contribution is -2.49. The zero-order chi connectivity index (χ0) is 26.4. The van der Waals surface area contributed by atoms with Crippen LogP contribution >= 0.6 is 0 Å². The molecule has 0 aromatic heterocycles. The Morgan fingerprint density at radius 1 is 0.231 bits per heavy atom. The van der Waals surface area contributed by atoms with Crippen LogP contribution in [0.1, 0.15) is 33.4 Å². The summed E-state index contributed by atoms with van der Waals surface area (Å²) in [6.45, 7) is 0. The molecule has 0 atom stereocenters. The SMILES string of the molecule is c1ccc([C]([Mg][C](c2ccccc2)(c2ccccc2)c2ccccc2)(c2ccccc2)c2ccccc2)cc1. The first-order valence-corrected chi connectivity index (χ1v) is 15.1. The molecule has 0 aliphatic heterocycles. The molecule has 0 amide bonds. The molecule has 0 N–H and O–H groups in total. The summed E-state index contributed by atoms with van der Waals surface area (Å²) in [5, 5.41) is 0. The van der Waals surface area contributed by atoms with Crippen LogP contribution in [0.25, 0.3) is 0 Å². The number of benzene rings is 6. The topological polar surface area (TPSA) is 0 Å². The second-order valence-electron chi connectivity index (χ2n) is 10.2. The van der Waals surface area contributed by atoms with E-state index in [1.807, 2.05) is 0 Å². The lowest BCUT2D eigenvalue weighted by Gasteiger charge is -2.46. The lowest BCUT2D eigenvalue weighted by molar-refractivity contribution is 0.776. The van der Waals surface area contributed by atoms with E-state index in [9.17, 15) is 0 Å². The first-order valence-electron chi connectivity index (χ1n) is 13.7. The molecule has 0 saturated heterocycles. The van der Waals surface area contributed by atoms with E-state index in [-0.39, 0.29) is 7.09 Å². The third kappa shape index (κ3) is 4.74. The maximum atomic E-state index is 2.33. The molecule has 0 nitrogen and oxygen atoms in total. The molecule has 0 radical (unpaired) electrons. The molecule has 0 saturated carbocycles. The van der Waals surface area contributed by atoms with Crippen molar-refractivity contribution >= 4 is 20.4 Å². The third-order valence-corrected chi connectivity index (χ3v) is 11.6. The summed E-state index contributed by atoms with van der Waals surface area (Å²) in [5.74, 6) is 0. The monoisotopic (exact) mass is 510 g/mol. The second-order valence-corrected chi connectivity index (χ2v) is 12.7. The van der Waals surface area contributed by atoms with Gasteiger partial charge in [0.05, 0.1) is 0 Å². The van der Waals surface area contributed by atoms with Crippen LogP contribution in [-0.2, 0) is 7.09 Å². The van der Waals surface area contributed by atoms with E-state index in [4.69, 9.17) is 0 Å². The third-order valence-electron chi connectivity index (χ3n) is 8.13. The molecule has 0 fully saturated rings. The van der Waals surface area contributed by atoms with Crippen molar-refractivity contribution in [1.82, 2.24) is 0 Å². The Hall–Kier alpha value is -3.91. The number of hydrogen-bond acceptors (Lipinski definition) is 0. The fourth-order valence-corrected chi connectivity index (χ4v) is 9.78. The molecular formula is C38H30Mg. The van der Waals surface area contributed by atoms with Gasteiger partial charge in [-0.2, -0.15) is 0 Å². The Kier molecular flexibility index (Phi) is 7.45. The van der Waals surface area contributed by atoms with Gasteiger partial charge in [0.25, 0.3) is 0 Å². The highest BCUT2D eigenvalue weighted by atomic mass is 24.5. The normalized spacial score (nSPS) is 11.5. The van der Waals surface area contributed by atoms with Gasteiger partial charge in [-0.15, -0.1) is 0 Å². The molecule has 6 aromatic carbocycles. The van der Waals surface area contributed by atoms with Gasteiger partial charge in [0.2, 0.25) is 0 Å². The van der Waals surface area contributed by atoms with Crippen molar-refractivity contribution in [3.63, 3.8) is 0 Å². The first kappa shape index (κ1) is 25.4. The maximum absolute atomic E-state index is 2.33. The Balaban J connectivity index is 1.76. The van der Waals surface area contributed by atoms with Gasteiger partial charge in [-0.1, -0.05) is 222 Å². The standard InChI is InChI=1S/2C19H15.Mg/c2*1-4-10-16(11-5-1)19(17-12-6-2-7-13-17)18-14-8-3-9-15-18;/h2*1-15H;. The number of hydrogen-bond donors (Lipinski definition) is 0. The average molecular weight is 511 g/mol. The quantitative estimate of drug-likeness (QED) is 0.142. The number of rotatable bonds is 8. The Bertz CT molecular complexity index is 1260. The van der Waals surface area contributed by atoms with Gasteiger partial charge in [0.1, 0.15) is 0 Å². The molecule has 0 aliphatic rings. The van der Waals surface area contributed by atoms with Crippen LogP contribution in [0.15, 0.2) is 182 Å². The van der Waals surface area contributed by atoms with E-state index < -0.39 is 20.4 Å². The summed E-state index contributed by atoms with van der Waals surface area (Å²) >= 11 is -1.16. The molecule has 184 valence electrons. The smallest absolute Gasteiger partial charge is 0.0623 e. The summed E-state index contributed by atoms with van der Waals surface area (Å²) < 4.78 is -0.573. The predicted octanol–water partition coefficient (Wildman–Crippen LogP) is 8.67. The van der Waals surface area contributed by atoms with Crippen LogP contribution < -0.4 is 0 Å². The summed E-state index contributed by atoms with van der Waals surface area (Å²) in [6.07, 6.45) is 0. The van der Waals surface area contributed by atoms with Crippen molar-refractivity contribution in [2.45, 2.75) is 7.09 Å². The van der Waals surface area contributed by atoms with Crippen molar-refractivity contribution in [1.29, 1.82) is 0 Å². The van der Waals surface area contributed by atoms with Crippen molar-refractivity contribution in [3.05, 3.63) is 215 Å². The summed E-state index contributed by atoms with van der Waals surface area (Å²) in [6, 6.07) is 67.1. The van der Waals surface area contributed by atoms with E-state index in [2.05, 4.69) is 182 Å². The Labute approximate surface area is 241 Å². The molecule has 0 aliphatic carbocycles. The predicted molar refractivity (Wildman–Crippen MR) is 164 cm³/mol. The molecule has 6 aromatic rings. The van der Waals surface area contributed by atoms with Gasteiger partial charge < -0.3 is 0 Å². The van der Waals surface area contributed by atoms with Crippen molar-refractivity contribution < 1.29 is 0 Å². The van der Waals surface area contributed by atoms with Gasteiger partial charge in [0, 0.05) is 0 Å². The van der Waals surface area contributed by atoms with Crippen molar-refractivity contribution in [2.75, 3.05) is 0 Å². The molecule has 6 rings (SSSR count).